The molecule has 0 aromatic heterocycles. The van der Waals surface area contributed by atoms with Crippen LogP contribution in [0.4, 0.5) is 0 Å². The van der Waals surface area contributed by atoms with Crippen LogP contribution in [0.25, 0.3) is 0 Å². The van der Waals surface area contributed by atoms with Gasteiger partial charge in [0.1, 0.15) is 0 Å². The molecule has 2 nitrogen and oxygen atoms in total. The highest BCUT2D eigenvalue weighted by Crippen LogP contribution is 2.17. The molecule has 0 saturated carbocycles. The summed E-state index contributed by atoms with van der Waals surface area (Å²) in [5, 5.41) is 8.65. The molecule has 0 heterocycles. The zero-order chi connectivity index (χ0) is 8.85. The van der Waals surface area contributed by atoms with Gasteiger partial charge in [-0.1, -0.05) is 33.6 Å². The molecule has 66 valence electrons. The molecule has 0 spiro atoms. The average molecular weight is 158 g/mol. The lowest BCUT2D eigenvalue weighted by atomic mass is 9.91. The van der Waals surface area contributed by atoms with E-state index in [1.54, 1.807) is 6.92 Å². The highest BCUT2D eigenvalue weighted by atomic mass is 16.4. The zero-order valence-electron chi connectivity index (χ0n) is 7.63. The number of carbonyl (C=O) groups is 1. The molecule has 2 atom stereocenters. The smallest absolute Gasteiger partial charge is 0.306 e. The van der Waals surface area contributed by atoms with Crippen LogP contribution in [0, 0.1) is 11.8 Å². The van der Waals surface area contributed by atoms with Gasteiger partial charge in [-0.25, -0.2) is 0 Å². The largest absolute Gasteiger partial charge is 0.481 e. The van der Waals surface area contributed by atoms with E-state index in [-0.39, 0.29) is 5.92 Å². The van der Waals surface area contributed by atoms with Crippen LogP contribution in [0.5, 0.6) is 0 Å². The van der Waals surface area contributed by atoms with Crippen molar-refractivity contribution < 1.29 is 9.90 Å². The van der Waals surface area contributed by atoms with Gasteiger partial charge in [-0.2, -0.15) is 0 Å². The van der Waals surface area contributed by atoms with Crippen LogP contribution in [0.3, 0.4) is 0 Å². The van der Waals surface area contributed by atoms with E-state index in [4.69, 9.17) is 5.11 Å². The summed E-state index contributed by atoms with van der Waals surface area (Å²) in [6.45, 7) is 5.91. The number of unbranched alkanes of at least 4 members (excludes halogenated alkanes) is 1. The fourth-order valence-electron chi connectivity index (χ4n) is 1.02. The molecule has 0 fully saturated rings. The van der Waals surface area contributed by atoms with Crippen molar-refractivity contribution in [2.24, 2.45) is 11.8 Å². The highest BCUT2D eigenvalue weighted by Gasteiger charge is 2.17. The topological polar surface area (TPSA) is 37.3 Å². The molecule has 0 aliphatic carbocycles. The van der Waals surface area contributed by atoms with Crippen LogP contribution in [0.2, 0.25) is 0 Å². The van der Waals surface area contributed by atoms with E-state index in [9.17, 15) is 4.79 Å². The second-order valence-corrected chi connectivity index (χ2v) is 3.25. The van der Waals surface area contributed by atoms with Gasteiger partial charge in [-0.15, -0.1) is 0 Å². The van der Waals surface area contributed by atoms with Crippen molar-refractivity contribution in [1.29, 1.82) is 0 Å². The first-order valence-electron chi connectivity index (χ1n) is 4.32. The fraction of sp³-hybridized carbons (Fsp3) is 0.889. The molecule has 0 aliphatic heterocycles. The Bertz CT molecular complexity index is 121. The summed E-state index contributed by atoms with van der Waals surface area (Å²) in [5.74, 6) is -0.553. The number of rotatable bonds is 5. The Kier molecular flexibility index (Phi) is 4.92. The Balaban J connectivity index is 3.63. The van der Waals surface area contributed by atoms with Crippen molar-refractivity contribution in [3.05, 3.63) is 0 Å². The zero-order valence-corrected chi connectivity index (χ0v) is 7.63. The second-order valence-electron chi connectivity index (χ2n) is 3.25. The molecule has 2 heteroatoms. The van der Waals surface area contributed by atoms with Crippen molar-refractivity contribution in [3.63, 3.8) is 0 Å². The summed E-state index contributed by atoms with van der Waals surface area (Å²) in [5.41, 5.74) is 0. The molecule has 1 N–H and O–H groups in total. The summed E-state index contributed by atoms with van der Waals surface area (Å²) in [6.07, 6.45) is 3.32. The van der Waals surface area contributed by atoms with Gasteiger partial charge in [0, 0.05) is 0 Å². The number of aliphatic carboxylic acids is 1. The third-order valence-corrected chi connectivity index (χ3v) is 2.26. The average Bonchev–Trinajstić information content (AvgIpc) is 1.98. The van der Waals surface area contributed by atoms with Crippen LogP contribution in [0.1, 0.15) is 40.0 Å². The lowest BCUT2D eigenvalue weighted by molar-refractivity contribution is -0.142. The Morgan fingerprint density at radius 2 is 2.00 bits per heavy atom. The quantitative estimate of drug-likeness (QED) is 0.667. The third-order valence-electron chi connectivity index (χ3n) is 2.26. The molecule has 0 unspecified atom stereocenters. The maximum Gasteiger partial charge on any atom is 0.306 e. The van der Waals surface area contributed by atoms with Crippen LogP contribution >= 0.6 is 0 Å². The predicted octanol–water partition coefficient (Wildman–Crippen LogP) is 2.53. The van der Waals surface area contributed by atoms with E-state index in [0.29, 0.717) is 5.92 Å². The minimum atomic E-state index is -0.673. The first kappa shape index (κ1) is 10.5. The van der Waals surface area contributed by atoms with Crippen molar-refractivity contribution in [1.82, 2.24) is 0 Å². The maximum atomic E-state index is 10.5. The molecule has 11 heavy (non-hydrogen) atoms. The Morgan fingerprint density at radius 3 is 2.36 bits per heavy atom. The van der Waals surface area contributed by atoms with Crippen LogP contribution in [-0.2, 0) is 4.79 Å². The van der Waals surface area contributed by atoms with Gasteiger partial charge in [0.2, 0.25) is 0 Å². The first-order valence-corrected chi connectivity index (χ1v) is 4.32. The van der Waals surface area contributed by atoms with E-state index in [1.165, 1.54) is 0 Å². The highest BCUT2D eigenvalue weighted by molar-refractivity contribution is 5.69. The Hall–Kier alpha value is -0.530. The van der Waals surface area contributed by atoms with Crippen molar-refractivity contribution >= 4 is 5.97 Å². The maximum absolute atomic E-state index is 10.5. The summed E-state index contributed by atoms with van der Waals surface area (Å²) in [4.78, 5) is 10.5. The standard InChI is InChI=1S/C9H18O2/c1-4-5-6-7(2)8(3)9(10)11/h7-8H,4-6H2,1-3H3,(H,10,11)/t7-,8-/m1/s1. The van der Waals surface area contributed by atoms with Gasteiger partial charge in [0.15, 0.2) is 0 Å². The summed E-state index contributed by atoms with van der Waals surface area (Å²) in [7, 11) is 0. The van der Waals surface area contributed by atoms with E-state index in [1.807, 2.05) is 6.92 Å². The van der Waals surface area contributed by atoms with E-state index in [0.717, 1.165) is 19.3 Å². The van der Waals surface area contributed by atoms with Crippen molar-refractivity contribution in [2.75, 3.05) is 0 Å². The predicted molar refractivity (Wildman–Crippen MR) is 45.5 cm³/mol. The van der Waals surface area contributed by atoms with Gasteiger partial charge in [-0.3, -0.25) is 4.79 Å². The van der Waals surface area contributed by atoms with Gasteiger partial charge in [0.05, 0.1) is 5.92 Å². The van der Waals surface area contributed by atoms with Gasteiger partial charge in [-0.05, 0) is 12.3 Å². The minimum absolute atomic E-state index is 0.193. The monoisotopic (exact) mass is 158 g/mol. The number of hydrogen-bond acceptors (Lipinski definition) is 1. The van der Waals surface area contributed by atoms with E-state index in [2.05, 4.69) is 6.92 Å². The molecular weight excluding hydrogens is 140 g/mol. The SMILES string of the molecule is CCCC[C@@H](C)[C@@H](C)C(=O)O. The summed E-state index contributed by atoms with van der Waals surface area (Å²) >= 11 is 0. The fourth-order valence-corrected chi connectivity index (χ4v) is 1.02. The molecule has 0 bridgehead atoms. The molecular formula is C9H18O2. The molecule has 0 aliphatic rings. The van der Waals surface area contributed by atoms with Crippen LogP contribution < -0.4 is 0 Å². The molecule has 0 aromatic rings. The molecule has 0 amide bonds. The summed E-state index contributed by atoms with van der Waals surface area (Å²) < 4.78 is 0. The minimum Gasteiger partial charge on any atom is -0.481 e. The molecule has 0 saturated heterocycles. The van der Waals surface area contributed by atoms with E-state index >= 15 is 0 Å². The summed E-state index contributed by atoms with van der Waals surface area (Å²) in [6, 6.07) is 0. The van der Waals surface area contributed by atoms with Crippen LogP contribution in [-0.4, -0.2) is 11.1 Å². The van der Waals surface area contributed by atoms with Crippen LogP contribution in [0.15, 0.2) is 0 Å². The number of hydrogen-bond donors (Lipinski definition) is 1. The van der Waals surface area contributed by atoms with Gasteiger partial charge in [0.25, 0.3) is 0 Å². The van der Waals surface area contributed by atoms with E-state index < -0.39 is 5.97 Å². The normalized spacial score (nSPS) is 15.9. The molecule has 0 radical (unpaired) electrons. The molecule has 0 aromatic carbocycles. The van der Waals surface area contributed by atoms with Gasteiger partial charge < -0.3 is 5.11 Å². The number of carboxylic acids is 1. The second kappa shape index (κ2) is 5.16. The van der Waals surface area contributed by atoms with Crippen molar-refractivity contribution in [3.8, 4) is 0 Å². The third kappa shape index (κ3) is 4.02. The lowest BCUT2D eigenvalue weighted by Gasteiger charge is -2.14. The lowest BCUT2D eigenvalue weighted by Crippen LogP contribution is -2.17. The van der Waals surface area contributed by atoms with Crippen molar-refractivity contribution in [2.45, 2.75) is 40.0 Å². The van der Waals surface area contributed by atoms with Gasteiger partial charge >= 0.3 is 5.97 Å². The number of carboxylic acid groups (broad SMARTS) is 1. The molecule has 0 rings (SSSR count). The Morgan fingerprint density at radius 1 is 1.45 bits per heavy atom. The Labute approximate surface area is 68.6 Å². The first-order chi connectivity index (χ1) is 5.09.